The van der Waals surface area contributed by atoms with Gasteiger partial charge < -0.3 is 5.32 Å². The summed E-state index contributed by atoms with van der Waals surface area (Å²) in [7, 11) is 0. The smallest absolute Gasteiger partial charge is 0.0175 e. The first-order valence-corrected chi connectivity index (χ1v) is 8.04. The summed E-state index contributed by atoms with van der Waals surface area (Å²) in [4.78, 5) is 0. The largest absolute Gasteiger partial charge is 0.316 e. The molecule has 0 heterocycles. The third-order valence-electron chi connectivity index (χ3n) is 4.06. The Morgan fingerprint density at radius 3 is 2.61 bits per heavy atom. The standard InChI is InChI=1S/C16H24BrN/c1-2-10-18-12-15-5-3-4-14(15)11-13-6-8-16(17)9-7-13/h6-9,14-15,18H,2-5,10-12H2,1H3. The van der Waals surface area contributed by atoms with Crippen molar-refractivity contribution < 1.29 is 0 Å². The number of hydrogen-bond donors (Lipinski definition) is 1. The van der Waals surface area contributed by atoms with Crippen LogP contribution < -0.4 is 5.32 Å². The van der Waals surface area contributed by atoms with Crippen LogP contribution in [0.15, 0.2) is 28.7 Å². The molecule has 1 aromatic rings. The molecule has 0 aliphatic heterocycles. The fourth-order valence-corrected chi connectivity index (χ4v) is 3.30. The fraction of sp³-hybridized carbons (Fsp3) is 0.625. The Morgan fingerprint density at radius 1 is 1.17 bits per heavy atom. The van der Waals surface area contributed by atoms with E-state index in [-0.39, 0.29) is 0 Å². The topological polar surface area (TPSA) is 12.0 Å². The molecule has 0 amide bonds. The molecule has 1 aliphatic rings. The number of halogens is 1. The molecule has 1 aromatic carbocycles. The predicted octanol–water partition coefficient (Wildman–Crippen LogP) is 4.41. The van der Waals surface area contributed by atoms with E-state index in [1.165, 1.54) is 55.2 Å². The van der Waals surface area contributed by atoms with Crippen LogP contribution in [0, 0.1) is 11.8 Å². The molecule has 1 nitrogen and oxygen atoms in total. The van der Waals surface area contributed by atoms with Gasteiger partial charge in [-0.25, -0.2) is 0 Å². The second-order valence-electron chi connectivity index (χ2n) is 5.49. The molecule has 1 aliphatic carbocycles. The van der Waals surface area contributed by atoms with Crippen molar-refractivity contribution in [1.82, 2.24) is 5.32 Å². The summed E-state index contributed by atoms with van der Waals surface area (Å²) in [5, 5.41) is 3.59. The van der Waals surface area contributed by atoms with Crippen molar-refractivity contribution in [2.45, 2.75) is 39.0 Å². The van der Waals surface area contributed by atoms with Gasteiger partial charge in [0.25, 0.3) is 0 Å². The minimum absolute atomic E-state index is 0.885. The first-order chi connectivity index (χ1) is 8.79. The molecule has 1 N–H and O–H groups in total. The van der Waals surface area contributed by atoms with Gasteiger partial charge in [-0.2, -0.15) is 0 Å². The van der Waals surface area contributed by atoms with Gasteiger partial charge in [0.15, 0.2) is 0 Å². The van der Waals surface area contributed by atoms with Gasteiger partial charge in [-0.15, -0.1) is 0 Å². The molecule has 0 aromatic heterocycles. The zero-order valence-electron chi connectivity index (χ0n) is 11.3. The normalized spacial score (nSPS) is 23.4. The van der Waals surface area contributed by atoms with Gasteiger partial charge >= 0.3 is 0 Å². The van der Waals surface area contributed by atoms with Gasteiger partial charge in [0.05, 0.1) is 0 Å². The van der Waals surface area contributed by atoms with Crippen molar-refractivity contribution in [3.8, 4) is 0 Å². The van der Waals surface area contributed by atoms with Crippen LogP contribution in [-0.2, 0) is 6.42 Å². The molecule has 2 heteroatoms. The van der Waals surface area contributed by atoms with Crippen molar-refractivity contribution in [1.29, 1.82) is 0 Å². The average Bonchev–Trinajstić information content (AvgIpc) is 2.80. The maximum atomic E-state index is 3.59. The van der Waals surface area contributed by atoms with Gasteiger partial charge in [-0.3, -0.25) is 0 Å². The summed E-state index contributed by atoms with van der Waals surface area (Å²) >= 11 is 3.50. The van der Waals surface area contributed by atoms with Gasteiger partial charge in [0.2, 0.25) is 0 Å². The zero-order chi connectivity index (χ0) is 12.8. The quantitative estimate of drug-likeness (QED) is 0.768. The first kappa shape index (κ1) is 14.1. The van der Waals surface area contributed by atoms with Crippen molar-refractivity contribution in [2.75, 3.05) is 13.1 Å². The maximum absolute atomic E-state index is 3.59. The molecular formula is C16H24BrN. The fourth-order valence-electron chi connectivity index (χ4n) is 3.04. The van der Waals surface area contributed by atoms with Gasteiger partial charge in [-0.1, -0.05) is 41.4 Å². The first-order valence-electron chi connectivity index (χ1n) is 7.24. The van der Waals surface area contributed by atoms with Crippen LogP contribution in [0.2, 0.25) is 0 Å². The summed E-state index contributed by atoms with van der Waals surface area (Å²) in [6.45, 7) is 4.62. The lowest BCUT2D eigenvalue weighted by Crippen LogP contribution is -2.26. The Labute approximate surface area is 119 Å². The Bertz CT molecular complexity index is 347. The molecule has 0 radical (unpaired) electrons. The van der Waals surface area contributed by atoms with E-state index >= 15 is 0 Å². The average molecular weight is 310 g/mol. The van der Waals surface area contributed by atoms with E-state index in [1.807, 2.05) is 0 Å². The molecule has 18 heavy (non-hydrogen) atoms. The van der Waals surface area contributed by atoms with Crippen LogP contribution in [0.3, 0.4) is 0 Å². The minimum atomic E-state index is 0.885. The van der Waals surface area contributed by atoms with Crippen LogP contribution in [0.25, 0.3) is 0 Å². The van der Waals surface area contributed by atoms with Crippen LogP contribution in [0.4, 0.5) is 0 Å². The van der Waals surface area contributed by atoms with E-state index in [1.54, 1.807) is 0 Å². The highest BCUT2D eigenvalue weighted by Gasteiger charge is 2.26. The summed E-state index contributed by atoms with van der Waals surface area (Å²) in [5.41, 5.74) is 1.49. The highest BCUT2D eigenvalue weighted by atomic mass is 79.9. The number of benzene rings is 1. The van der Waals surface area contributed by atoms with Crippen LogP contribution in [0.5, 0.6) is 0 Å². The number of hydrogen-bond acceptors (Lipinski definition) is 1. The van der Waals surface area contributed by atoms with E-state index in [0.717, 1.165) is 11.8 Å². The second-order valence-corrected chi connectivity index (χ2v) is 6.40. The number of nitrogens with one attached hydrogen (secondary N) is 1. The van der Waals surface area contributed by atoms with Crippen LogP contribution in [0.1, 0.15) is 38.2 Å². The Morgan fingerprint density at radius 2 is 1.89 bits per heavy atom. The molecule has 2 unspecified atom stereocenters. The molecule has 0 spiro atoms. The van der Waals surface area contributed by atoms with Crippen molar-refractivity contribution in [2.24, 2.45) is 11.8 Å². The molecular weight excluding hydrogens is 286 g/mol. The molecule has 2 atom stereocenters. The zero-order valence-corrected chi connectivity index (χ0v) is 12.9. The highest BCUT2D eigenvalue weighted by Crippen LogP contribution is 2.34. The van der Waals surface area contributed by atoms with Crippen molar-refractivity contribution >= 4 is 15.9 Å². The summed E-state index contributed by atoms with van der Waals surface area (Å²) in [6, 6.07) is 8.85. The second kappa shape index (κ2) is 7.30. The summed E-state index contributed by atoms with van der Waals surface area (Å²) < 4.78 is 1.18. The highest BCUT2D eigenvalue weighted by molar-refractivity contribution is 9.10. The lowest BCUT2D eigenvalue weighted by atomic mass is 9.89. The monoisotopic (exact) mass is 309 g/mol. The van der Waals surface area contributed by atoms with Crippen LogP contribution in [-0.4, -0.2) is 13.1 Å². The van der Waals surface area contributed by atoms with Crippen LogP contribution >= 0.6 is 15.9 Å². The molecule has 1 fully saturated rings. The third kappa shape index (κ3) is 4.10. The molecule has 100 valence electrons. The van der Waals surface area contributed by atoms with E-state index in [0.29, 0.717) is 0 Å². The van der Waals surface area contributed by atoms with Gasteiger partial charge in [-0.05, 0) is 68.3 Å². The van der Waals surface area contributed by atoms with E-state index in [4.69, 9.17) is 0 Å². The summed E-state index contributed by atoms with van der Waals surface area (Å²) in [5.74, 6) is 1.77. The van der Waals surface area contributed by atoms with Gasteiger partial charge in [0.1, 0.15) is 0 Å². The molecule has 0 bridgehead atoms. The molecule has 1 saturated carbocycles. The maximum Gasteiger partial charge on any atom is 0.0175 e. The minimum Gasteiger partial charge on any atom is -0.316 e. The lowest BCUT2D eigenvalue weighted by Gasteiger charge is -2.20. The SMILES string of the molecule is CCCNCC1CCCC1Cc1ccc(Br)cc1. The van der Waals surface area contributed by atoms with E-state index < -0.39 is 0 Å². The third-order valence-corrected chi connectivity index (χ3v) is 4.59. The Kier molecular flexibility index (Phi) is 5.71. The molecule has 0 saturated heterocycles. The Balaban J connectivity index is 1.85. The van der Waals surface area contributed by atoms with E-state index in [9.17, 15) is 0 Å². The predicted molar refractivity (Wildman–Crippen MR) is 81.8 cm³/mol. The molecule has 2 rings (SSSR count). The lowest BCUT2D eigenvalue weighted by molar-refractivity contribution is 0.365. The van der Waals surface area contributed by atoms with Crippen molar-refractivity contribution in [3.63, 3.8) is 0 Å². The van der Waals surface area contributed by atoms with Crippen molar-refractivity contribution in [3.05, 3.63) is 34.3 Å². The summed E-state index contributed by atoms with van der Waals surface area (Å²) in [6.07, 6.45) is 6.74. The Hall–Kier alpha value is -0.340. The van der Waals surface area contributed by atoms with E-state index in [2.05, 4.69) is 52.4 Å². The number of rotatable bonds is 6. The van der Waals surface area contributed by atoms with Gasteiger partial charge in [0, 0.05) is 4.47 Å².